The van der Waals surface area contributed by atoms with E-state index in [-0.39, 0.29) is 28.3 Å². The fourth-order valence-corrected chi connectivity index (χ4v) is 4.99. The molecule has 8 heteroatoms. The molecule has 0 saturated carbocycles. The maximum Gasteiger partial charge on any atom is 0.274 e. The number of sulfone groups is 1. The average molecular weight is 449 g/mol. The number of benzene rings is 3. The van der Waals surface area contributed by atoms with Crippen molar-refractivity contribution in [1.29, 1.82) is 0 Å². The van der Waals surface area contributed by atoms with Crippen molar-refractivity contribution >= 4 is 26.5 Å². The highest BCUT2D eigenvalue weighted by molar-refractivity contribution is 7.90. The monoisotopic (exact) mass is 448 g/mol. The molecule has 0 aliphatic rings. The van der Waals surface area contributed by atoms with E-state index >= 15 is 0 Å². The second-order valence-electron chi connectivity index (χ2n) is 7.33. The van der Waals surface area contributed by atoms with Gasteiger partial charge in [0.15, 0.2) is 9.84 Å². The molecule has 0 aliphatic heterocycles. The molecule has 0 radical (unpaired) electrons. The molecular weight excluding hydrogens is 428 g/mol. The summed E-state index contributed by atoms with van der Waals surface area (Å²) >= 11 is 0. The smallest absolute Gasteiger partial charge is 0.274 e. The highest BCUT2D eigenvalue weighted by Crippen LogP contribution is 2.20. The predicted octanol–water partition coefficient (Wildman–Crippen LogP) is 3.14. The normalized spacial score (nSPS) is 11.4. The molecule has 1 aromatic heterocycles. The van der Waals surface area contributed by atoms with Crippen molar-refractivity contribution in [2.75, 3.05) is 0 Å². The van der Waals surface area contributed by atoms with E-state index in [4.69, 9.17) is 5.21 Å². The zero-order chi connectivity index (χ0) is 22.7. The van der Waals surface area contributed by atoms with Gasteiger partial charge in [-0.05, 0) is 46.8 Å². The first-order valence-corrected chi connectivity index (χ1v) is 11.5. The van der Waals surface area contributed by atoms with Gasteiger partial charge in [0, 0.05) is 17.1 Å². The van der Waals surface area contributed by atoms with Crippen molar-refractivity contribution < 1.29 is 18.4 Å². The van der Waals surface area contributed by atoms with Crippen LogP contribution in [0.4, 0.5) is 0 Å². The van der Waals surface area contributed by atoms with Gasteiger partial charge < -0.3 is 4.57 Å². The summed E-state index contributed by atoms with van der Waals surface area (Å²) in [5.74, 6) is -0.894. The van der Waals surface area contributed by atoms with Crippen LogP contribution < -0.4 is 11.0 Å². The summed E-state index contributed by atoms with van der Waals surface area (Å²) in [5.41, 5.74) is 2.71. The summed E-state index contributed by atoms with van der Waals surface area (Å²) in [6.45, 7) is 0.172. The molecule has 0 bridgehead atoms. The molecule has 4 aromatic rings. The number of rotatable bonds is 6. The highest BCUT2D eigenvalue weighted by atomic mass is 32.2. The summed E-state index contributed by atoms with van der Waals surface area (Å²) in [7, 11) is -3.55. The third-order valence-electron chi connectivity index (χ3n) is 5.25. The standard InChI is InChI=1S/C24H20N2O5S/c27-23(25-29)18-11-10-17-12-13-26(24(28)22(17)14-18)15-19-6-4-5-7-20(19)16-32(30,31)21-8-2-1-3-9-21/h1-14,29H,15-16H2,(H,25,27). The fraction of sp³-hybridized carbons (Fsp3) is 0.0833. The molecule has 4 rings (SSSR count). The number of aromatic nitrogens is 1. The Morgan fingerprint density at radius 2 is 1.59 bits per heavy atom. The maximum absolute atomic E-state index is 13.1. The molecule has 0 saturated heterocycles. The third-order valence-corrected chi connectivity index (χ3v) is 6.93. The number of hydrogen-bond donors (Lipinski definition) is 2. The molecule has 162 valence electrons. The topological polar surface area (TPSA) is 105 Å². The quantitative estimate of drug-likeness (QED) is 0.348. The van der Waals surface area contributed by atoms with Crippen LogP contribution in [0.3, 0.4) is 0 Å². The minimum absolute atomic E-state index is 0.157. The van der Waals surface area contributed by atoms with Crippen LogP contribution in [-0.4, -0.2) is 24.1 Å². The first-order valence-electron chi connectivity index (χ1n) is 9.81. The minimum atomic E-state index is -3.55. The fourth-order valence-electron chi connectivity index (χ4n) is 3.56. The summed E-state index contributed by atoms with van der Waals surface area (Å²) < 4.78 is 27.2. The average Bonchev–Trinajstić information content (AvgIpc) is 2.82. The van der Waals surface area contributed by atoms with Crippen molar-refractivity contribution in [2.45, 2.75) is 17.2 Å². The van der Waals surface area contributed by atoms with Gasteiger partial charge in [0.05, 0.1) is 17.2 Å². The van der Waals surface area contributed by atoms with Crippen molar-refractivity contribution in [2.24, 2.45) is 0 Å². The van der Waals surface area contributed by atoms with Gasteiger partial charge in [-0.3, -0.25) is 14.8 Å². The lowest BCUT2D eigenvalue weighted by Gasteiger charge is -2.13. The van der Waals surface area contributed by atoms with Crippen LogP contribution in [0, 0.1) is 0 Å². The Bertz CT molecular complexity index is 1460. The highest BCUT2D eigenvalue weighted by Gasteiger charge is 2.17. The number of carbonyl (C=O) groups is 1. The van der Waals surface area contributed by atoms with Gasteiger partial charge in [0.2, 0.25) is 0 Å². The van der Waals surface area contributed by atoms with E-state index in [1.54, 1.807) is 78.4 Å². The molecular formula is C24H20N2O5S. The molecule has 1 heterocycles. The predicted molar refractivity (Wildman–Crippen MR) is 120 cm³/mol. The van der Waals surface area contributed by atoms with Gasteiger partial charge in [0.1, 0.15) is 0 Å². The van der Waals surface area contributed by atoms with Gasteiger partial charge in [-0.15, -0.1) is 0 Å². The van der Waals surface area contributed by atoms with E-state index in [0.717, 1.165) is 0 Å². The molecule has 32 heavy (non-hydrogen) atoms. The van der Waals surface area contributed by atoms with Crippen LogP contribution in [0.2, 0.25) is 0 Å². The van der Waals surface area contributed by atoms with Crippen molar-refractivity contribution in [3.8, 4) is 0 Å². The Morgan fingerprint density at radius 1 is 0.906 bits per heavy atom. The number of nitrogens with zero attached hydrogens (tertiary/aromatic N) is 1. The van der Waals surface area contributed by atoms with Crippen LogP contribution in [0.15, 0.2) is 94.7 Å². The summed E-state index contributed by atoms with van der Waals surface area (Å²) in [4.78, 5) is 25.0. The molecule has 1 amide bonds. The molecule has 0 fully saturated rings. The number of amides is 1. The zero-order valence-electron chi connectivity index (χ0n) is 16.9. The SMILES string of the molecule is O=C(NO)c1ccc2ccn(Cc3ccccc3CS(=O)(=O)c3ccccc3)c(=O)c2c1. The largest absolute Gasteiger partial charge is 0.311 e. The number of carbonyl (C=O) groups excluding carboxylic acids is 1. The number of fused-ring (bicyclic) bond motifs is 1. The number of nitrogens with one attached hydrogen (secondary N) is 1. The number of hydroxylamine groups is 1. The molecule has 3 aromatic carbocycles. The zero-order valence-corrected chi connectivity index (χ0v) is 17.7. The van der Waals surface area contributed by atoms with Gasteiger partial charge in [-0.2, -0.15) is 0 Å². The first-order chi connectivity index (χ1) is 15.4. The second kappa shape index (κ2) is 8.78. The van der Waals surface area contributed by atoms with Gasteiger partial charge in [0.25, 0.3) is 11.5 Å². The molecule has 0 unspecified atom stereocenters. The Kier molecular flexibility index (Phi) is 5.89. The number of pyridine rings is 1. The van der Waals surface area contributed by atoms with E-state index in [9.17, 15) is 18.0 Å². The lowest BCUT2D eigenvalue weighted by molar-refractivity contribution is 0.0706. The first kappa shape index (κ1) is 21.5. The lowest BCUT2D eigenvalue weighted by Crippen LogP contribution is -2.22. The molecule has 7 nitrogen and oxygen atoms in total. The van der Waals surface area contributed by atoms with E-state index < -0.39 is 15.7 Å². The molecule has 2 N–H and O–H groups in total. The lowest BCUT2D eigenvalue weighted by atomic mass is 10.1. The van der Waals surface area contributed by atoms with E-state index in [2.05, 4.69) is 0 Å². The van der Waals surface area contributed by atoms with Crippen molar-refractivity contribution in [3.05, 3.63) is 112 Å². The summed E-state index contributed by atoms with van der Waals surface area (Å²) in [5, 5.41) is 9.83. The summed E-state index contributed by atoms with van der Waals surface area (Å²) in [6, 6.07) is 21.7. The molecule has 0 atom stereocenters. The van der Waals surface area contributed by atoms with Gasteiger partial charge in [-0.1, -0.05) is 48.5 Å². The minimum Gasteiger partial charge on any atom is -0.311 e. The Hall–Kier alpha value is -3.75. The molecule has 0 spiro atoms. The van der Waals surface area contributed by atoms with Crippen molar-refractivity contribution in [1.82, 2.24) is 10.0 Å². The van der Waals surface area contributed by atoms with Gasteiger partial charge in [-0.25, -0.2) is 13.9 Å². The van der Waals surface area contributed by atoms with E-state index in [0.29, 0.717) is 21.9 Å². The Morgan fingerprint density at radius 3 is 2.31 bits per heavy atom. The van der Waals surface area contributed by atoms with Crippen molar-refractivity contribution in [3.63, 3.8) is 0 Å². The number of hydrogen-bond acceptors (Lipinski definition) is 5. The van der Waals surface area contributed by atoms with Crippen LogP contribution >= 0.6 is 0 Å². The van der Waals surface area contributed by atoms with Crippen LogP contribution in [0.25, 0.3) is 10.8 Å². The Labute approximate surface area is 184 Å². The summed E-state index contributed by atoms with van der Waals surface area (Å²) in [6.07, 6.45) is 1.64. The van der Waals surface area contributed by atoms with E-state index in [1.807, 2.05) is 0 Å². The van der Waals surface area contributed by atoms with Crippen LogP contribution in [-0.2, 0) is 22.1 Å². The van der Waals surface area contributed by atoms with E-state index in [1.165, 1.54) is 16.7 Å². The maximum atomic E-state index is 13.1. The van der Waals surface area contributed by atoms with Crippen LogP contribution in [0.1, 0.15) is 21.5 Å². The Balaban J connectivity index is 1.70. The van der Waals surface area contributed by atoms with Gasteiger partial charge >= 0.3 is 0 Å². The third kappa shape index (κ3) is 4.32. The van der Waals surface area contributed by atoms with Crippen LogP contribution in [0.5, 0.6) is 0 Å². The molecule has 0 aliphatic carbocycles. The second-order valence-corrected chi connectivity index (χ2v) is 9.32.